The zero-order valence-corrected chi connectivity index (χ0v) is 20.2. The van der Waals surface area contributed by atoms with Crippen LogP contribution in [0.25, 0.3) is 10.8 Å². The van der Waals surface area contributed by atoms with Crippen LogP contribution in [0.4, 0.5) is 32.2 Å². The molecule has 1 aromatic heterocycles. The van der Waals surface area contributed by atoms with Gasteiger partial charge in [0.1, 0.15) is 11.3 Å². The van der Waals surface area contributed by atoms with Crippen LogP contribution < -0.4 is 9.46 Å². The highest BCUT2D eigenvalue weighted by atomic mass is 32.2. The first-order chi connectivity index (χ1) is 18.1. The van der Waals surface area contributed by atoms with Crippen molar-refractivity contribution < 1.29 is 49.4 Å². The summed E-state index contributed by atoms with van der Waals surface area (Å²) in [7, 11) is -4.65. The van der Waals surface area contributed by atoms with Crippen molar-refractivity contribution in [3.05, 3.63) is 95.2 Å². The summed E-state index contributed by atoms with van der Waals surface area (Å²) in [6.07, 6.45) is -10.1. The number of halogens is 6. The topological polar surface area (TPSA) is 106 Å². The van der Waals surface area contributed by atoms with Gasteiger partial charge in [-0.1, -0.05) is 36.4 Å². The first-order valence-corrected chi connectivity index (χ1v) is 12.3. The number of hydrogen-bond donors (Lipinski definition) is 2. The van der Waals surface area contributed by atoms with Crippen LogP contribution in [0.5, 0.6) is 5.75 Å². The van der Waals surface area contributed by atoms with Crippen molar-refractivity contribution in [2.75, 3.05) is 4.72 Å². The maximum Gasteiger partial charge on any atom is 0.573 e. The Kier molecular flexibility index (Phi) is 7.17. The fourth-order valence-electron chi connectivity index (χ4n) is 3.79. The second kappa shape index (κ2) is 10.1. The van der Waals surface area contributed by atoms with Crippen molar-refractivity contribution in [3.8, 4) is 5.75 Å². The molecule has 0 aliphatic rings. The van der Waals surface area contributed by atoms with Gasteiger partial charge in [0.25, 0.3) is 10.0 Å². The number of rotatable bonds is 7. The Bertz CT molecular complexity index is 1640. The molecular weight excluding hydrogens is 554 g/mol. The normalized spacial score (nSPS) is 12.4. The number of aromatic nitrogens is 1. The monoisotopic (exact) mass is 570 g/mol. The van der Waals surface area contributed by atoms with Crippen molar-refractivity contribution >= 4 is 32.6 Å². The maximum atomic E-state index is 14.2. The van der Waals surface area contributed by atoms with Gasteiger partial charge in [-0.05, 0) is 47.3 Å². The lowest BCUT2D eigenvalue weighted by Gasteiger charge is -2.19. The molecule has 14 heteroatoms. The first-order valence-electron chi connectivity index (χ1n) is 10.8. The average molecular weight is 570 g/mol. The molecule has 0 aliphatic carbocycles. The summed E-state index contributed by atoms with van der Waals surface area (Å²) in [5, 5.41) is 8.69. The third-order valence-electron chi connectivity index (χ3n) is 5.45. The number of hydrogen-bond acceptors (Lipinski definition) is 5. The molecule has 39 heavy (non-hydrogen) atoms. The summed E-state index contributed by atoms with van der Waals surface area (Å²) in [6, 6.07) is 13.7. The average Bonchev–Trinajstić information content (AvgIpc) is 2.83. The number of pyridine rings is 1. The van der Waals surface area contributed by atoms with Crippen LogP contribution in [0.2, 0.25) is 0 Å². The molecular formula is C25H16F6N2O5S. The number of nitrogens with one attached hydrogen (secondary N) is 1. The molecule has 2 N–H and O–H groups in total. The summed E-state index contributed by atoms with van der Waals surface area (Å²) in [6.45, 7) is 0. The van der Waals surface area contributed by atoms with Crippen molar-refractivity contribution in [1.29, 1.82) is 0 Å². The van der Waals surface area contributed by atoms with Gasteiger partial charge in [-0.15, -0.1) is 13.2 Å². The minimum absolute atomic E-state index is 0.0158. The Morgan fingerprint density at radius 1 is 0.872 bits per heavy atom. The molecule has 4 aromatic rings. The zero-order chi connectivity index (χ0) is 28.6. The Labute approximate surface area is 216 Å². The Morgan fingerprint density at radius 3 is 2.00 bits per heavy atom. The number of ether oxygens (including phenoxy) is 1. The summed E-state index contributed by atoms with van der Waals surface area (Å²) < 4.78 is 111. The molecule has 1 heterocycles. The predicted octanol–water partition coefficient (Wildman–Crippen LogP) is 6.24. The Morgan fingerprint density at radius 2 is 1.46 bits per heavy atom. The molecule has 0 atom stereocenters. The molecule has 0 unspecified atom stereocenters. The van der Waals surface area contributed by atoms with Gasteiger partial charge in [0.15, 0.2) is 5.82 Å². The van der Waals surface area contributed by atoms with E-state index in [2.05, 4.69) is 9.72 Å². The highest BCUT2D eigenvalue weighted by Crippen LogP contribution is 2.41. The van der Waals surface area contributed by atoms with Crippen LogP contribution in [0.3, 0.4) is 0 Å². The van der Waals surface area contributed by atoms with Crippen molar-refractivity contribution in [2.24, 2.45) is 0 Å². The second-order valence-electron chi connectivity index (χ2n) is 8.13. The van der Waals surface area contributed by atoms with Crippen molar-refractivity contribution in [1.82, 2.24) is 4.98 Å². The van der Waals surface area contributed by atoms with Gasteiger partial charge in [0, 0.05) is 11.8 Å². The van der Waals surface area contributed by atoms with Crippen LogP contribution in [-0.4, -0.2) is 30.8 Å². The fraction of sp³-hybridized carbons (Fsp3) is 0.120. The largest absolute Gasteiger partial charge is 0.573 e. The number of aromatic carboxylic acids is 1. The van der Waals surface area contributed by atoms with Gasteiger partial charge in [-0.25, -0.2) is 18.2 Å². The van der Waals surface area contributed by atoms with Gasteiger partial charge in [0.2, 0.25) is 0 Å². The van der Waals surface area contributed by atoms with E-state index in [-0.39, 0.29) is 28.5 Å². The molecule has 0 aliphatic heterocycles. The number of carboxylic acids is 1. The van der Waals surface area contributed by atoms with Gasteiger partial charge < -0.3 is 9.84 Å². The van der Waals surface area contributed by atoms with Crippen LogP contribution in [0.1, 0.15) is 27.2 Å². The summed E-state index contributed by atoms with van der Waals surface area (Å²) in [5.41, 5.74) is -1.20. The maximum absolute atomic E-state index is 14.2. The third-order valence-corrected chi connectivity index (χ3v) is 6.80. The zero-order valence-electron chi connectivity index (χ0n) is 19.3. The number of alkyl halides is 6. The van der Waals surface area contributed by atoms with E-state index in [4.69, 9.17) is 5.11 Å². The lowest BCUT2D eigenvalue weighted by atomic mass is 9.99. The Balaban J connectivity index is 1.79. The molecule has 0 bridgehead atoms. The lowest BCUT2D eigenvalue weighted by Crippen LogP contribution is -2.20. The molecule has 4 rings (SSSR count). The number of benzene rings is 3. The number of nitrogens with zero attached hydrogens (tertiary/aromatic N) is 1. The number of fused-ring (bicyclic) bond motifs is 1. The lowest BCUT2D eigenvalue weighted by molar-refractivity contribution is -0.274. The second-order valence-corrected chi connectivity index (χ2v) is 9.81. The Hall–Kier alpha value is -4.33. The van der Waals surface area contributed by atoms with Crippen molar-refractivity contribution in [2.45, 2.75) is 23.9 Å². The molecule has 0 saturated carbocycles. The molecule has 0 saturated heterocycles. The summed E-state index contributed by atoms with van der Waals surface area (Å²) >= 11 is 0. The molecule has 204 valence electrons. The highest BCUT2D eigenvalue weighted by molar-refractivity contribution is 7.92. The van der Waals surface area contributed by atoms with E-state index >= 15 is 0 Å². The number of carbonyl (C=O) groups is 1. The predicted molar refractivity (Wildman–Crippen MR) is 127 cm³/mol. The summed E-state index contributed by atoms with van der Waals surface area (Å²) in [5.74, 6) is -2.85. The van der Waals surface area contributed by atoms with E-state index < -0.39 is 50.6 Å². The van der Waals surface area contributed by atoms with E-state index in [0.717, 1.165) is 42.5 Å². The van der Waals surface area contributed by atoms with Crippen molar-refractivity contribution in [3.63, 3.8) is 0 Å². The fourth-order valence-corrected chi connectivity index (χ4v) is 4.81. The molecule has 0 amide bonds. The van der Waals surface area contributed by atoms with Crippen LogP contribution >= 0.6 is 0 Å². The van der Waals surface area contributed by atoms with E-state index in [1.165, 1.54) is 30.3 Å². The van der Waals surface area contributed by atoms with Gasteiger partial charge in [-0.3, -0.25) is 4.72 Å². The number of carboxylic acid groups (broad SMARTS) is 1. The number of anilines is 1. The van der Waals surface area contributed by atoms with E-state index in [9.17, 15) is 39.6 Å². The van der Waals surface area contributed by atoms with E-state index in [0.29, 0.717) is 5.56 Å². The van der Waals surface area contributed by atoms with Gasteiger partial charge >= 0.3 is 18.5 Å². The minimum atomic E-state index is -5.03. The van der Waals surface area contributed by atoms with Crippen LogP contribution in [-0.2, 0) is 22.6 Å². The standard InChI is InChI=1S/C25H16F6N2O5S/c26-24(27,28)21-19-4-2-1-3-18(19)20(13-14-5-9-16(10-6-14)38-25(29,30)31)32-22(21)33-39(36,37)17-11-7-15(8-12-17)23(34)35/h1-12H,13H2,(H,32,33)(H,34,35). The molecule has 7 nitrogen and oxygen atoms in total. The first kappa shape index (κ1) is 27.7. The summed E-state index contributed by atoms with van der Waals surface area (Å²) in [4.78, 5) is 14.5. The smallest absolute Gasteiger partial charge is 0.478 e. The number of sulfonamides is 1. The SMILES string of the molecule is O=C(O)c1ccc(S(=O)(=O)Nc2nc(Cc3ccc(OC(F)(F)F)cc3)c3ccccc3c2C(F)(F)F)cc1. The van der Waals surface area contributed by atoms with Crippen LogP contribution in [0, 0.1) is 0 Å². The molecule has 0 radical (unpaired) electrons. The van der Waals surface area contributed by atoms with E-state index in [1.54, 1.807) is 0 Å². The molecule has 0 spiro atoms. The minimum Gasteiger partial charge on any atom is -0.478 e. The molecule has 0 fully saturated rings. The molecule has 3 aromatic carbocycles. The highest BCUT2D eigenvalue weighted by Gasteiger charge is 2.38. The quantitative estimate of drug-likeness (QED) is 0.255. The van der Waals surface area contributed by atoms with Crippen LogP contribution in [0.15, 0.2) is 77.7 Å². The van der Waals surface area contributed by atoms with Gasteiger partial charge in [-0.2, -0.15) is 13.2 Å². The van der Waals surface area contributed by atoms with Gasteiger partial charge in [0.05, 0.1) is 16.2 Å². The van der Waals surface area contributed by atoms with E-state index in [1.807, 2.05) is 4.72 Å². The third kappa shape index (κ3) is 6.39.